The third-order valence-electron chi connectivity index (χ3n) is 16.5. The molecular weight excluding hydrogens is 871 g/mol. The van der Waals surface area contributed by atoms with Gasteiger partial charge in [-0.1, -0.05) is 182 Å². The lowest BCUT2D eigenvalue weighted by Crippen LogP contribution is -1.93. The first-order chi connectivity index (χ1) is 35.5. The van der Waals surface area contributed by atoms with Crippen molar-refractivity contribution < 1.29 is 0 Å². The van der Waals surface area contributed by atoms with Crippen LogP contribution in [0.2, 0.25) is 0 Å². The van der Waals surface area contributed by atoms with E-state index in [0.717, 1.165) is 0 Å². The van der Waals surface area contributed by atoms with E-state index in [-0.39, 0.29) is 0 Å². The van der Waals surface area contributed by atoms with Crippen LogP contribution in [0.1, 0.15) is 0 Å². The molecule has 3 nitrogen and oxygen atoms in total. The maximum Gasteiger partial charge on any atom is 0.0612 e. The van der Waals surface area contributed by atoms with E-state index in [2.05, 4.69) is 253 Å². The molecule has 0 aliphatic rings. The van der Waals surface area contributed by atoms with Gasteiger partial charge in [-0.3, -0.25) is 0 Å². The Morgan fingerprint density at radius 2 is 0.444 bits per heavy atom. The van der Waals surface area contributed by atoms with Crippen LogP contribution in [0.5, 0.6) is 0 Å². The highest BCUT2D eigenvalue weighted by Gasteiger charge is 2.27. The fourth-order valence-corrected chi connectivity index (χ4v) is 13.3. The van der Waals surface area contributed by atoms with Crippen LogP contribution in [0.4, 0.5) is 0 Å². The standard InChI is InChI=1S/C69H45N3/c1-70-58-37-46(61-49-22-10-4-16-40(49)34-41-17-5-11-23-50(41)61)28-31-55(58)64-67(70)65-56-32-29-47(62-51-24-12-6-18-42(51)35-43-19-7-13-25-52(43)62)38-59(56)71(2)69(65)66-57-33-30-48(39-60(57)72(3)68(64)66)63-53-26-14-8-20-44(53)36-45-21-9-15-27-54(45)63/h4-39H,1-3H3. The van der Waals surface area contributed by atoms with Crippen molar-refractivity contribution in [1.29, 1.82) is 0 Å². The summed E-state index contributed by atoms with van der Waals surface area (Å²) < 4.78 is 7.50. The van der Waals surface area contributed by atoms with Crippen LogP contribution >= 0.6 is 0 Å². The summed E-state index contributed by atoms with van der Waals surface area (Å²) in [6, 6.07) is 81.9. The smallest absolute Gasteiger partial charge is 0.0612 e. The van der Waals surface area contributed by atoms with Gasteiger partial charge >= 0.3 is 0 Å². The highest BCUT2D eigenvalue weighted by molar-refractivity contribution is 6.40. The molecule has 13 aromatic carbocycles. The predicted octanol–water partition coefficient (Wildman–Crippen LogP) is 18.5. The van der Waals surface area contributed by atoms with Crippen molar-refractivity contribution in [2.24, 2.45) is 21.1 Å². The molecule has 3 heterocycles. The number of rotatable bonds is 3. The van der Waals surface area contributed by atoms with Crippen LogP contribution < -0.4 is 0 Å². The van der Waals surface area contributed by atoms with Crippen LogP contribution in [0.3, 0.4) is 0 Å². The fourth-order valence-electron chi connectivity index (χ4n) is 13.3. The maximum absolute atomic E-state index is 2.50. The van der Waals surface area contributed by atoms with E-state index in [1.165, 1.54) is 163 Å². The maximum atomic E-state index is 2.50. The number of hydrogen-bond donors (Lipinski definition) is 0. The van der Waals surface area contributed by atoms with Crippen LogP contribution in [-0.4, -0.2) is 13.7 Å². The van der Waals surface area contributed by atoms with E-state index >= 15 is 0 Å². The molecule has 0 saturated carbocycles. The number of aromatic nitrogens is 3. The van der Waals surface area contributed by atoms with E-state index in [4.69, 9.17) is 0 Å². The summed E-state index contributed by atoms with van der Waals surface area (Å²) in [4.78, 5) is 0. The lowest BCUT2D eigenvalue weighted by molar-refractivity contribution is 1.01. The molecular formula is C69H45N3. The molecule has 0 radical (unpaired) electrons. The van der Waals surface area contributed by atoms with Crippen molar-refractivity contribution in [3.8, 4) is 33.4 Å². The van der Waals surface area contributed by atoms with Crippen LogP contribution in [0.15, 0.2) is 218 Å². The molecule has 16 aromatic rings. The first-order valence-corrected chi connectivity index (χ1v) is 25.1. The molecule has 3 heteroatoms. The number of benzene rings is 13. The molecule has 0 fully saturated rings. The molecule has 336 valence electrons. The van der Waals surface area contributed by atoms with Gasteiger partial charge in [0.25, 0.3) is 0 Å². The van der Waals surface area contributed by atoms with Crippen molar-refractivity contribution in [1.82, 2.24) is 13.7 Å². The van der Waals surface area contributed by atoms with Crippen molar-refractivity contribution in [2.75, 3.05) is 0 Å². The molecule has 0 spiro atoms. The summed E-state index contributed by atoms with van der Waals surface area (Å²) >= 11 is 0. The molecule has 72 heavy (non-hydrogen) atoms. The Kier molecular flexibility index (Phi) is 7.95. The number of hydrogen-bond acceptors (Lipinski definition) is 0. The largest absolute Gasteiger partial charge is 0.343 e. The number of fused-ring (bicyclic) bond motifs is 18. The zero-order chi connectivity index (χ0) is 47.5. The van der Waals surface area contributed by atoms with Gasteiger partial charge in [0.05, 0.1) is 16.6 Å². The van der Waals surface area contributed by atoms with Gasteiger partial charge < -0.3 is 13.7 Å². The van der Waals surface area contributed by atoms with Gasteiger partial charge in [-0.15, -0.1) is 0 Å². The minimum absolute atomic E-state index is 1.22. The highest BCUT2D eigenvalue weighted by atomic mass is 15.0. The highest BCUT2D eigenvalue weighted by Crippen LogP contribution is 2.50. The van der Waals surface area contributed by atoms with Crippen molar-refractivity contribution >= 4 is 130 Å². The summed E-state index contributed by atoms with van der Waals surface area (Å²) in [5.41, 5.74) is 14.9. The average Bonchev–Trinajstić information content (AvgIpc) is 4.00. The Labute approximate surface area is 414 Å². The topological polar surface area (TPSA) is 14.8 Å². The molecule has 0 aliphatic heterocycles. The van der Waals surface area contributed by atoms with Gasteiger partial charge in [-0.25, -0.2) is 0 Å². The summed E-state index contributed by atoms with van der Waals surface area (Å²) in [6.45, 7) is 0. The third kappa shape index (κ3) is 5.24. The van der Waals surface area contributed by atoms with Gasteiger partial charge in [0.2, 0.25) is 0 Å². The SMILES string of the molecule is Cn1c2cc(-c3c4ccccc4cc4ccccc34)ccc2c2c1c1c3ccc(-c4c5ccccc5cc5ccccc45)cc3n(C)c1c1c3ccc(-c4c5ccccc5cc5ccccc45)cc3n(C)c21. The summed E-state index contributed by atoms with van der Waals surface area (Å²) in [6.07, 6.45) is 0. The number of nitrogens with zero attached hydrogens (tertiary/aromatic N) is 3. The second-order valence-electron chi connectivity index (χ2n) is 20.1. The number of aryl methyl sites for hydroxylation is 3. The molecule has 0 atom stereocenters. The second-order valence-corrected chi connectivity index (χ2v) is 20.1. The van der Waals surface area contributed by atoms with Gasteiger partial charge in [0.1, 0.15) is 0 Å². The summed E-state index contributed by atoms with van der Waals surface area (Å²) in [7, 11) is 6.88. The van der Waals surface area contributed by atoms with Crippen molar-refractivity contribution in [3.63, 3.8) is 0 Å². The van der Waals surface area contributed by atoms with Crippen LogP contribution in [0, 0.1) is 0 Å². The van der Waals surface area contributed by atoms with E-state index in [1.54, 1.807) is 0 Å². The zero-order valence-electron chi connectivity index (χ0n) is 40.1. The average molecular weight is 916 g/mol. The Morgan fingerprint density at radius 3 is 0.681 bits per heavy atom. The van der Waals surface area contributed by atoms with E-state index < -0.39 is 0 Å². The van der Waals surface area contributed by atoms with Crippen molar-refractivity contribution in [3.05, 3.63) is 218 Å². The Hall–Kier alpha value is -9.18. The Morgan fingerprint density at radius 1 is 0.222 bits per heavy atom. The fraction of sp³-hybridized carbons (Fsp3) is 0.0435. The summed E-state index contributed by atoms with van der Waals surface area (Å²) in [5, 5.41) is 22.8. The molecule has 0 saturated heterocycles. The molecule has 16 rings (SSSR count). The molecule has 0 bridgehead atoms. The van der Waals surface area contributed by atoms with E-state index in [0.29, 0.717) is 0 Å². The first kappa shape index (κ1) is 39.6. The Balaban J connectivity index is 1.05. The first-order valence-electron chi connectivity index (χ1n) is 25.1. The molecule has 0 N–H and O–H groups in total. The minimum atomic E-state index is 1.22. The zero-order valence-corrected chi connectivity index (χ0v) is 40.1. The monoisotopic (exact) mass is 915 g/mol. The van der Waals surface area contributed by atoms with Gasteiger partial charge in [-0.2, -0.15) is 0 Å². The quantitative estimate of drug-likeness (QED) is 0.157. The molecule has 0 aliphatic carbocycles. The normalized spacial score (nSPS) is 12.4. The lowest BCUT2D eigenvalue weighted by atomic mass is 9.91. The summed E-state index contributed by atoms with van der Waals surface area (Å²) in [5.74, 6) is 0. The molecule has 0 unspecified atom stereocenters. The lowest BCUT2D eigenvalue weighted by Gasteiger charge is -2.13. The van der Waals surface area contributed by atoms with Crippen LogP contribution in [0.25, 0.3) is 163 Å². The van der Waals surface area contributed by atoms with E-state index in [9.17, 15) is 0 Å². The van der Waals surface area contributed by atoms with E-state index in [1.807, 2.05) is 0 Å². The second kappa shape index (κ2) is 14.4. The Bertz CT molecular complexity index is 4380. The predicted molar refractivity (Wildman–Crippen MR) is 310 cm³/mol. The van der Waals surface area contributed by atoms with Gasteiger partial charge in [0.15, 0.2) is 0 Å². The van der Waals surface area contributed by atoms with Gasteiger partial charge in [-0.05, 0) is 134 Å². The van der Waals surface area contributed by atoms with Gasteiger partial charge in [0, 0.05) is 70.0 Å². The minimum Gasteiger partial charge on any atom is -0.343 e. The van der Waals surface area contributed by atoms with Crippen molar-refractivity contribution in [2.45, 2.75) is 0 Å². The molecule has 3 aromatic heterocycles. The van der Waals surface area contributed by atoms with Crippen LogP contribution in [-0.2, 0) is 21.1 Å². The third-order valence-corrected chi connectivity index (χ3v) is 16.5. The molecule has 0 amide bonds.